The summed E-state index contributed by atoms with van der Waals surface area (Å²) < 4.78 is 33.0. The van der Waals surface area contributed by atoms with Crippen LogP contribution in [0.1, 0.15) is 17.3 Å². The molecule has 15 heavy (non-hydrogen) atoms. The smallest absolute Gasteiger partial charge is 0.264 e. The Hall–Kier alpha value is 0.396. The van der Waals surface area contributed by atoms with Crippen molar-refractivity contribution in [2.24, 2.45) is 0 Å². The Kier molecular flexibility index (Phi) is 7.05. The van der Waals surface area contributed by atoms with Gasteiger partial charge in [-0.3, -0.25) is 9.11 Å². The van der Waals surface area contributed by atoms with Gasteiger partial charge in [0, 0.05) is 0 Å². The predicted molar refractivity (Wildman–Crippen MR) is 56.0 cm³/mol. The molecule has 0 heterocycles. The Labute approximate surface area is 122 Å². The van der Waals surface area contributed by atoms with Crippen LogP contribution in [0.2, 0.25) is 0 Å². The molecule has 0 saturated carbocycles. The average Bonchev–Trinajstić information content (AvgIpc) is 2.01. The first-order valence-electron chi connectivity index (χ1n) is 3.97. The van der Waals surface area contributed by atoms with Crippen molar-refractivity contribution in [3.05, 3.63) is 29.8 Å². The van der Waals surface area contributed by atoms with Crippen molar-refractivity contribution >= 4 is 64.8 Å². The molecule has 1 aromatic carbocycles. The molecular formula is C8H9KO5S. The second-order valence-electron chi connectivity index (χ2n) is 2.87. The molecule has 1 rings (SSSR count). The second-order valence-corrected chi connectivity index (χ2v) is 5.57. The molecule has 0 amide bonds. The molecule has 7 heteroatoms. The van der Waals surface area contributed by atoms with E-state index >= 15 is 0 Å². The minimum absolute atomic E-state index is 0.146. The van der Waals surface area contributed by atoms with E-state index in [-0.39, 0.29) is 5.78 Å². The zero-order valence-electron chi connectivity index (χ0n) is 8.34. The maximum Gasteiger partial charge on any atom is 0.394 e. The fraction of sp³-hybridized carbons (Fsp3) is 0.125. The summed E-state index contributed by atoms with van der Waals surface area (Å²) in [5.41, 5.74) is 0.813. The van der Waals surface area contributed by atoms with Gasteiger partial charge < -0.3 is 0 Å². The van der Waals surface area contributed by atoms with E-state index in [1.54, 1.807) is 6.92 Å². The second kappa shape index (κ2) is 6.87. The Balaban J connectivity index is 0.000000336. The minimum Gasteiger partial charge on any atom is -0.264 e. The monoisotopic (exact) mass is 256 g/mol. The van der Waals surface area contributed by atoms with Gasteiger partial charge >= 0.3 is 106 Å². The van der Waals surface area contributed by atoms with Crippen LogP contribution in [0.4, 0.5) is 0 Å². The van der Waals surface area contributed by atoms with Crippen LogP contribution in [0.15, 0.2) is 24.3 Å². The van der Waals surface area contributed by atoms with Crippen LogP contribution in [0.5, 0.6) is 0 Å². The largest absolute Gasteiger partial charge is 0.394 e. The van der Waals surface area contributed by atoms with E-state index in [4.69, 9.17) is 17.5 Å². The first-order chi connectivity index (χ1) is 6.70. The molecule has 0 fully saturated rings. The van der Waals surface area contributed by atoms with E-state index in [9.17, 15) is 4.79 Å². The Morgan fingerprint density at radius 1 is 1.20 bits per heavy atom. The summed E-state index contributed by atoms with van der Waals surface area (Å²) in [7, 11) is -4.67. The molecule has 0 aliphatic rings. The average molecular weight is 256 g/mol. The molecular weight excluding hydrogens is 247 g/mol. The number of carbonyl (C=O) groups is 1. The molecule has 0 spiro atoms. The zero-order valence-corrected chi connectivity index (χ0v) is 12.3. The first-order valence-corrected chi connectivity index (χ1v) is 6.93. The molecule has 0 aromatic heterocycles. The molecule has 0 aliphatic carbocycles. The molecule has 5 nitrogen and oxygen atoms in total. The molecule has 0 radical (unpaired) electrons. The van der Waals surface area contributed by atoms with Gasteiger partial charge in [-0.15, -0.1) is 0 Å². The normalized spacial score (nSPS) is 10.2. The van der Waals surface area contributed by atoms with Gasteiger partial charge in [0.05, 0.1) is 0 Å². The van der Waals surface area contributed by atoms with Gasteiger partial charge in [0.25, 0.3) is 0 Å². The van der Waals surface area contributed by atoms with E-state index in [2.05, 4.69) is 0 Å². The van der Waals surface area contributed by atoms with E-state index in [1.165, 1.54) is -0.342 Å². The molecule has 0 unspecified atom stereocenters. The number of benzene rings is 1. The van der Waals surface area contributed by atoms with Crippen LogP contribution in [0.3, 0.4) is 0 Å². The third kappa shape index (κ3) is 10.7. The molecule has 78 valence electrons. The van der Waals surface area contributed by atoms with Crippen molar-refractivity contribution in [1.29, 1.82) is 0 Å². The number of carbonyl (C=O) groups excluding carboxylic acids is 1. The minimum atomic E-state index is -4.67. The predicted octanol–water partition coefficient (Wildman–Crippen LogP) is 0.0302. The summed E-state index contributed by atoms with van der Waals surface area (Å²) in [6.07, 6.45) is 0. The van der Waals surface area contributed by atoms with Gasteiger partial charge in [0.1, 0.15) is 0 Å². The molecule has 0 bridgehead atoms. The van der Waals surface area contributed by atoms with Crippen molar-refractivity contribution in [2.75, 3.05) is 0 Å². The fourth-order valence-electron chi connectivity index (χ4n) is 0.788. The van der Waals surface area contributed by atoms with Gasteiger partial charge in [-0.05, 0) is 0 Å². The van der Waals surface area contributed by atoms with Gasteiger partial charge in [-0.2, -0.15) is 8.42 Å². The van der Waals surface area contributed by atoms with Gasteiger partial charge in [-0.1, -0.05) is 0 Å². The summed E-state index contributed by atoms with van der Waals surface area (Å²) in [5, 5.41) is 0. The van der Waals surface area contributed by atoms with Crippen molar-refractivity contribution in [3.63, 3.8) is 0 Å². The van der Waals surface area contributed by atoms with Crippen LogP contribution in [0, 0.1) is 0 Å². The van der Waals surface area contributed by atoms with Gasteiger partial charge in [0.15, 0.2) is 0 Å². The molecule has 0 saturated heterocycles. The summed E-state index contributed by atoms with van der Waals surface area (Å²) in [6.45, 7) is 1.59. The topological polar surface area (TPSA) is 91.7 Å². The number of hydrogen-bond donors (Lipinski definition) is 2. The van der Waals surface area contributed by atoms with Crippen LogP contribution in [-0.4, -0.2) is 72.3 Å². The summed E-state index contributed by atoms with van der Waals surface area (Å²) in [4.78, 5) is 10.8. The maximum atomic E-state index is 10.8. The SMILES string of the molecule is CC(=O)c1cc[c]([K])cc1.O=S(=O)(O)O. The van der Waals surface area contributed by atoms with Crippen LogP contribution >= 0.6 is 0 Å². The number of rotatable bonds is 1. The molecule has 0 aliphatic heterocycles. The van der Waals surface area contributed by atoms with Crippen LogP contribution in [-0.2, 0) is 10.4 Å². The Morgan fingerprint density at radius 2 is 1.53 bits per heavy atom. The third-order valence-electron chi connectivity index (χ3n) is 1.46. The molecule has 1 aromatic rings. The van der Waals surface area contributed by atoms with E-state index in [1.807, 2.05) is 24.3 Å². The summed E-state index contributed by atoms with van der Waals surface area (Å²) in [5.74, 6) is 0.146. The summed E-state index contributed by atoms with van der Waals surface area (Å²) in [6, 6.07) is 7.83. The van der Waals surface area contributed by atoms with Gasteiger partial charge in [-0.25, -0.2) is 0 Å². The number of ketones is 1. The van der Waals surface area contributed by atoms with Gasteiger partial charge in [0.2, 0.25) is 0 Å². The zero-order chi connectivity index (χ0) is 12.1. The number of hydrogen-bond acceptors (Lipinski definition) is 3. The fourth-order valence-corrected chi connectivity index (χ4v) is 1.31. The third-order valence-corrected chi connectivity index (χ3v) is 2.50. The van der Waals surface area contributed by atoms with Crippen molar-refractivity contribution in [3.8, 4) is 0 Å². The van der Waals surface area contributed by atoms with Crippen molar-refractivity contribution < 1.29 is 22.3 Å². The molecule has 2 N–H and O–H groups in total. The van der Waals surface area contributed by atoms with Crippen LogP contribution in [0.25, 0.3) is 0 Å². The van der Waals surface area contributed by atoms with Crippen molar-refractivity contribution in [1.82, 2.24) is 0 Å². The molecule has 0 atom stereocenters. The van der Waals surface area contributed by atoms with E-state index in [0.29, 0.717) is 0 Å². The maximum absolute atomic E-state index is 10.8. The standard InChI is InChI=1S/C8H7O.K.H2O4S/c1-7(9)8-5-3-2-4-6-8;;1-5(2,3)4/h3-6H,1H3;;(H2,1,2,3,4). The van der Waals surface area contributed by atoms with E-state index in [0.717, 1.165) is 54.5 Å². The quantitative estimate of drug-likeness (QED) is 0.420. The first kappa shape index (κ1) is 15.4. The Morgan fingerprint density at radius 3 is 1.80 bits per heavy atom. The van der Waals surface area contributed by atoms with Crippen molar-refractivity contribution in [2.45, 2.75) is 6.92 Å². The number of Topliss-reactive ketones (excluding diaryl/α,β-unsaturated/α-hetero) is 1. The Bertz CT molecular complexity index is 415. The summed E-state index contributed by atoms with van der Waals surface area (Å²) >= 11 is 0.725. The van der Waals surface area contributed by atoms with Crippen LogP contribution < -0.4 is -0.342 Å². The van der Waals surface area contributed by atoms with E-state index < -0.39 is 10.4 Å².